The molecule has 0 heterocycles. The fourth-order valence-corrected chi connectivity index (χ4v) is 2.71. The third-order valence-electron chi connectivity index (χ3n) is 4.00. The Morgan fingerprint density at radius 1 is 0.714 bits per heavy atom. The number of hydrogen-bond donors (Lipinski definition) is 1. The normalized spacial score (nSPS) is 11.8. The molecule has 1 nitrogen and oxygen atoms in total. The van der Waals surface area contributed by atoms with Crippen LogP contribution in [0.15, 0.2) is 60.7 Å². The minimum Gasteiger partial charge on any atom is -0.398 e. The Morgan fingerprint density at radius 2 is 1.48 bits per heavy atom. The number of hydrogen-bond acceptors (Lipinski definition) is 1. The van der Waals surface area contributed by atoms with Crippen molar-refractivity contribution in [2.45, 2.75) is 26.2 Å². The van der Waals surface area contributed by atoms with Crippen LogP contribution in [0.5, 0.6) is 0 Å². The molecule has 106 valence electrons. The molecule has 21 heavy (non-hydrogen) atoms. The number of anilines is 1. The zero-order valence-corrected chi connectivity index (χ0v) is 12.9. The second-order valence-corrected chi connectivity index (χ2v) is 6.58. The van der Waals surface area contributed by atoms with E-state index in [4.69, 9.17) is 5.73 Å². The van der Waals surface area contributed by atoms with E-state index >= 15 is 0 Å². The van der Waals surface area contributed by atoms with Crippen LogP contribution in [0, 0.1) is 0 Å². The summed E-state index contributed by atoms with van der Waals surface area (Å²) in [5, 5.41) is 0. The fourth-order valence-electron chi connectivity index (χ4n) is 2.71. The Labute approximate surface area is 126 Å². The van der Waals surface area contributed by atoms with Gasteiger partial charge in [-0.05, 0) is 39.8 Å². The average Bonchev–Trinajstić information content (AvgIpc) is 2.67. The standard InChI is InChI=1S/C20H21N/c1-20(2,3)15-10-12-19(21)18(13-15)17-11-9-14-7-5-4-6-8-16(14)17/h4-13H,21H2,1-3H3. The van der Waals surface area contributed by atoms with Crippen molar-refractivity contribution in [2.75, 3.05) is 5.73 Å². The Balaban J connectivity index is 2.21. The summed E-state index contributed by atoms with van der Waals surface area (Å²) < 4.78 is 0. The molecule has 2 aliphatic carbocycles. The second kappa shape index (κ2) is 4.92. The van der Waals surface area contributed by atoms with Crippen molar-refractivity contribution < 1.29 is 0 Å². The zero-order chi connectivity index (χ0) is 15.0. The molecule has 0 amide bonds. The van der Waals surface area contributed by atoms with Crippen molar-refractivity contribution in [3.63, 3.8) is 0 Å². The van der Waals surface area contributed by atoms with Gasteiger partial charge in [-0.1, -0.05) is 69.3 Å². The summed E-state index contributed by atoms with van der Waals surface area (Å²) in [6, 6.07) is 21.2. The van der Waals surface area contributed by atoms with Crippen LogP contribution in [0.4, 0.5) is 5.69 Å². The fraction of sp³-hybridized carbons (Fsp3) is 0.200. The van der Waals surface area contributed by atoms with E-state index in [0.29, 0.717) is 0 Å². The molecule has 2 N–H and O–H groups in total. The van der Waals surface area contributed by atoms with Crippen molar-refractivity contribution in [1.29, 1.82) is 0 Å². The molecule has 0 saturated carbocycles. The summed E-state index contributed by atoms with van der Waals surface area (Å²) in [6.45, 7) is 6.68. The lowest BCUT2D eigenvalue weighted by molar-refractivity contribution is 0.590. The molecular weight excluding hydrogens is 254 g/mol. The third-order valence-corrected chi connectivity index (χ3v) is 4.00. The molecule has 3 rings (SSSR count). The van der Waals surface area contributed by atoms with E-state index in [0.717, 1.165) is 11.3 Å². The molecule has 1 aromatic carbocycles. The average molecular weight is 275 g/mol. The van der Waals surface area contributed by atoms with E-state index in [2.05, 4.69) is 75.4 Å². The summed E-state index contributed by atoms with van der Waals surface area (Å²) in [4.78, 5) is 0. The smallest absolute Gasteiger partial charge is 0.0394 e. The summed E-state index contributed by atoms with van der Waals surface area (Å²) in [5.74, 6) is 0. The van der Waals surface area contributed by atoms with Gasteiger partial charge in [0.15, 0.2) is 0 Å². The highest BCUT2D eigenvalue weighted by molar-refractivity contribution is 5.91. The van der Waals surface area contributed by atoms with Crippen molar-refractivity contribution >= 4 is 5.69 Å². The van der Waals surface area contributed by atoms with Gasteiger partial charge in [0.25, 0.3) is 0 Å². The van der Waals surface area contributed by atoms with Gasteiger partial charge >= 0.3 is 0 Å². The maximum absolute atomic E-state index is 6.25. The first-order chi connectivity index (χ1) is 9.97. The van der Waals surface area contributed by atoms with Crippen molar-refractivity contribution in [1.82, 2.24) is 0 Å². The predicted octanol–water partition coefficient (Wildman–Crippen LogP) is 5.34. The van der Waals surface area contributed by atoms with Crippen LogP contribution in [0.25, 0.3) is 22.3 Å². The minimum atomic E-state index is 0.121. The molecule has 0 bridgehead atoms. The lowest BCUT2D eigenvalue weighted by atomic mass is 9.85. The lowest BCUT2D eigenvalue weighted by Crippen LogP contribution is -2.11. The Kier molecular flexibility index (Phi) is 3.21. The molecule has 0 saturated heterocycles. The van der Waals surface area contributed by atoms with E-state index in [-0.39, 0.29) is 5.41 Å². The van der Waals surface area contributed by atoms with Gasteiger partial charge in [0.1, 0.15) is 0 Å². The zero-order valence-electron chi connectivity index (χ0n) is 12.9. The van der Waals surface area contributed by atoms with Crippen molar-refractivity contribution in [3.8, 4) is 22.3 Å². The lowest BCUT2D eigenvalue weighted by Gasteiger charge is -2.21. The van der Waals surface area contributed by atoms with E-state index < -0.39 is 0 Å². The first kappa shape index (κ1) is 13.7. The quantitative estimate of drug-likeness (QED) is 0.596. The molecule has 2 aliphatic rings. The maximum Gasteiger partial charge on any atom is 0.0394 e. The molecule has 0 radical (unpaired) electrons. The van der Waals surface area contributed by atoms with Gasteiger partial charge in [-0.15, -0.1) is 0 Å². The third kappa shape index (κ3) is 2.52. The minimum absolute atomic E-state index is 0.121. The van der Waals surface area contributed by atoms with Gasteiger partial charge < -0.3 is 5.73 Å². The highest BCUT2D eigenvalue weighted by atomic mass is 14.6. The van der Waals surface area contributed by atoms with Crippen LogP contribution >= 0.6 is 0 Å². The molecule has 0 fully saturated rings. The summed E-state index contributed by atoms with van der Waals surface area (Å²) in [6.07, 6.45) is 0. The summed E-state index contributed by atoms with van der Waals surface area (Å²) >= 11 is 0. The molecule has 0 aliphatic heterocycles. The Morgan fingerprint density at radius 3 is 2.24 bits per heavy atom. The second-order valence-electron chi connectivity index (χ2n) is 6.58. The molecule has 0 aromatic heterocycles. The van der Waals surface area contributed by atoms with Gasteiger partial charge in [-0.3, -0.25) is 0 Å². The van der Waals surface area contributed by atoms with Gasteiger partial charge in [-0.2, -0.15) is 0 Å². The number of rotatable bonds is 1. The van der Waals surface area contributed by atoms with Crippen LogP contribution in [0.3, 0.4) is 0 Å². The van der Waals surface area contributed by atoms with Crippen LogP contribution in [-0.2, 0) is 5.41 Å². The molecule has 1 heteroatoms. The highest BCUT2D eigenvalue weighted by Gasteiger charge is 2.17. The first-order valence-electron chi connectivity index (χ1n) is 7.35. The maximum atomic E-state index is 6.25. The topological polar surface area (TPSA) is 26.0 Å². The number of nitrogens with two attached hydrogens (primary N) is 1. The van der Waals surface area contributed by atoms with E-state index in [9.17, 15) is 0 Å². The van der Waals surface area contributed by atoms with E-state index in [1.807, 2.05) is 6.07 Å². The molecule has 0 unspecified atom stereocenters. The van der Waals surface area contributed by atoms with Gasteiger partial charge in [0, 0.05) is 11.3 Å². The summed E-state index contributed by atoms with van der Waals surface area (Å²) in [5.41, 5.74) is 13.3. The van der Waals surface area contributed by atoms with Crippen LogP contribution in [0.2, 0.25) is 0 Å². The van der Waals surface area contributed by atoms with Gasteiger partial charge in [-0.25, -0.2) is 0 Å². The Hall–Kier alpha value is -2.28. The van der Waals surface area contributed by atoms with Gasteiger partial charge in [0.05, 0.1) is 0 Å². The first-order valence-corrected chi connectivity index (χ1v) is 7.35. The SMILES string of the molecule is CC(C)(C)c1ccc(N)c(-c2ccc3cccccc2-3)c1. The van der Waals surface area contributed by atoms with Crippen LogP contribution in [0.1, 0.15) is 26.3 Å². The molecule has 0 atom stereocenters. The van der Waals surface area contributed by atoms with Crippen molar-refractivity contribution in [2.24, 2.45) is 0 Å². The highest BCUT2D eigenvalue weighted by Crippen LogP contribution is 2.39. The molecule has 1 aromatic rings. The summed E-state index contributed by atoms with van der Waals surface area (Å²) in [7, 11) is 0. The molecule has 0 spiro atoms. The molecular formula is C20H21N. The predicted molar refractivity (Wildman–Crippen MR) is 91.6 cm³/mol. The van der Waals surface area contributed by atoms with E-state index in [1.54, 1.807) is 0 Å². The number of fused-ring (bicyclic) bond motifs is 1. The number of nitrogen functional groups attached to an aromatic ring is 1. The van der Waals surface area contributed by atoms with Crippen LogP contribution in [-0.4, -0.2) is 0 Å². The van der Waals surface area contributed by atoms with Gasteiger partial charge in [0.2, 0.25) is 0 Å². The Bertz CT molecular complexity index is 750. The van der Waals surface area contributed by atoms with Crippen LogP contribution < -0.4 is 5.73 Å². The van der Waals surface area contributed by atoms with E-state index in [1.165, 1.54) is 22.3 Å². The largest absolute Gasteiger partial charge is 0.398 e. The number of benzene rings is 1. The monoisotopic (exact) mass is 275 g/mol. The van der Waals surface area contributed by atoms with Crippen molar-refractivity contribution in [3.05, 3.63) is 66.2 Å².